The second-order valence-electron chi connectivity index (χ2n) is 23.5. The zero-order valence-corrected chi connectivity index (χ0v) is 50.4. The summed E-state index contributed by atoms with van der Waals surface area (Å²) in [6.45, 7) is 4.95. The van der Waals surface area contributed by atoms with Crippen molar-refractivity contribution in [3.63, 3.8) is 0 Å². The van der Waals surface area contributed by atoms with Crippen molar-refractivity contribution in [1.82, 2.24) is 5.32 Å². The summed E-state index contributed by atoms with van der Waals surface area (Å²) in [5.74, 6) is -0.0180. The molecule has 0 aromatic heterocycles. The van der Waals surface area contributed by atoms with Gasteiger partial charge in [0.05, 0.1) is 25.4 Å². The number of carbonyl (C=O) groups excluding carboxylic acids is 2. The number of hydrogen-bond acceptors (Lipinski definition) is 5. The molecular formula is C68H133NO5. The lowest BCUT2D eigenvalue weighted by Crippen LogP contribution is -2.45. The van der Waals surface area contributed by atoms with Crippen molar-refractivity contribution < 1.29 is 24.5 Å². The van der Waals surface area contributed by atoms with E-state index in [1.807, 2.05) is 0 Å². The minimum Gasteiger partial charge on any atom is -0.466 e. The predicted octanol–water partition coefficient (Wildman–Crippen LogP) is 21.6. The van der Waals surface area contributed by atoms with Gasteiger partial charge in [-0.25, -0.2) is 0 Å². The number of ether oxygens (including phenoxy) is 1. The molecule has 0 fully saturated rings. The van der Waals surface area contributed by atoms with Crippen LogP contribution in [0.2, 0.25) is 0 Å². The molecule has 0 aliphatic rings. The fraction of sp³-hybridized carbons (Fsp3) is 0.941. The maximum absolute atomic E-state index is 12.5. The van der Waals surface area contributed by atoms with Crippen molar-refractivity contribution in [2.45, 2.75) is 398 Å². The van der Waals surface area contributed by atoms with Crippen LogP contribution in [0.5, 0.6) is 0 Å². The highest BCUT2D eigenvalue weighted by atomic mass is 16.5. The first kappa shape index (κ1) is 72.6. The molecule has 440 valence electrons. The standard InChI is InChI=1S/C68H133NO5/c1-3-5-7-9-11-13-15-16-17-34-37-41-44-48-52-56-60-66(71)65(64-70)69-67(72)61-57-53-49-45-42-38-35-32-30-28-26-24-22-20-18-19-21-23-25-27-29-31-33-36-39-43-47-51-55-59-63-74-68(73)62-58-54-50-46-40-14-12-10-8-6-4-2/h10,12,65-66,70-71H,3-9,11,13-64H2,1-2H3,(H,69,72)/b12-10-. The number of nitrogens with one attached hydrogen (secondary N) is 1. The predicted molar refractivity (Wildman–Crippen MR) is 324 cm³/mol. The zero-order valence-electron chi connectivity index (χ0n) is 50.4. The Morgan fingerprint density at radius 1 is 0.365 bits per heavy atom. The van der Waals surface area contributed by atoms with Gasteiger partial charge in [0.15, 0.2) is 0 Å². The van der Waals surface area contributed by atoms with E-state index in [9.17, 15) is 19.8 Å². The van der Waals surface area contributed by atoms with Crippen LogP contribution in [0.4, 0.5) is 0 Å². The number of aliphatic hydroxyl groups excluding tert-OH is 2. The van der Waals surface area contributed by atoms with Gasteiger partial charge in [-0.2, -0.15) is 0 Å². The van der Waals surface area contributed by atoms with E-state index in [4.69, 9.17) is 4.74 Å². The van der Waals surface area contributed by atoms with Gasteiger partial charge in [0.1, 0.15) is 0 Å². The molecule has 6 nitrogen and oxygen atoms in total. The van der Waals surface area contributed by atoms with Gasteiger partial charge < -0.3 is 20.3 Å². The third kappa shape index (κ3) is 59.8. The summed E-state index contributed by atoms with van der Waals surface area (Å²) >= 11 is 0. The molecule has 0 bridgehead atoms. The minimum atomic E-state index is -0.661. The van der Waals surface area contributed by atoms with Crippen LogP contribution < -0.4 is 5.32 Å². The molecular weight excluding hydrogens is 911 g/mol. The number of esters is 1. The summed E-state index contributed by atoms with van der Waals surface area (Å²) < 4.78 is 5.47. The first-order valence-electron chi connectivity index (χ1n) is 33.9. The van der Waals surface area contributed by atoms with Gasteiger partial charge in [-0.1, -0.05) is 341 Å². The minimum absolute atomic E-state index is 0.00962. The molecule has 74 heavy (non-hydrogen) atoms. The SMILES string of the molecule is CCCC/C=C\CCCCCCCC(=O)OCCCCCCCCCCCCCCCCCCCCCCCCCCCCCCCCC(=O)NC(CO)C(O)CCCCCCCCCCCCCCCCCC. The van der Waals surface area contributed by atoms with Gasteiger partial charge in [-0.3, -0.25) is 9.59 Å². The molecule has 0 saturated heterocycles. The highest BCUT2D eigenvalue weighted by Crippen LogP contribution is 2.19. The van der Waals surface area contributed by atoms with Crippen LogP contribution in [0.15, 0.2) is 12.2 Å². The highest BCUT2D eigenvalue weighted by Gasteiger charge is 2.20. The van der Waals surface area contributed by atoms with Gasteiger partial charge >= 0.3 is 5.97 Å². The van der Waals surface area contributed by atoms with Crippen LogP contribution in [-0.4, -0.2) is 47.4 Å². The first-order chi connectivity index (χ1) is 36.5. The lowest BCUT2D eigenvalue weighted by atomic mass is 10.0. The van der Waals surface area contributed by atoms with E-state index < -0.39 is 12.1 Å². The van der Waals surface area contributed by atoms with Crippen LogP contribution in [-0.2, 0) is 14.3 Å². The van der Waals surface area contributed by atoms with Crippen LogP contribution in [0.3, 0.4) is 0 Å². The Morgan fingerprint density at radius 3 is 1.00 bits per heavy atom. The molecule has 2 atom stereocenters. The summed E-state index contributed by atoms with van der Waals surface area (Å²) in [6.07, 6.45) is 78.3. The van der Waals surface area contributed by atoms with Crippen molar-refractivity contribution >= 4 is 11.9 Å². The normalized spacial score (nSPS) is 12.5. The molecule has 0 aliphatic heterocycles. The Balaban J connectivity index is 3.33. The fourth-order valence-corrected chi connectivity index (χ4v) is 10.9. The molecule has 0 aliphatic carbocycles. The number of hydrogen-bond donors (Lipinski definition) is 3. The summed E-state index contributed by atoms with van der Waals surface area (Å²) in [4.78, 5) is 24.5. The van der Waals surface area contributed by atoms with E-state index >= 15 is 0 Å². The molecule has 2 unspecified atom stereocenters. The summed E-state index contributed by atoms with van der Waals surface area (Å²) in [5, 5.41) is 23.3. The van der Waals surface area contributed by atoms with E-state index in [2.05, 4.69) is 31.3 Å². The molecule has 0 spiro atoms. The lowest BCUT2D eigenvalue weighted by molar-refractivity contribution is -0.143. The second kappa shape index (κ2) is 64.1. The molecule has 0 heterocycles. The van der Waals surface area contributed by atoms with E-state index in [1.54, 1.807) is 0 Å². The van der Waals surface area contributed by atoms with Gasteiger partial charge in [0, 0.05) is 12.8 Å². The van der Waals surface area contributed by atoms with Crippen LogP contribution in [0.1, 0.15) is 386 Å². The van der Waals surface area contributed by atoms with Crippen molar-refractivity contribution in [2.75, 3.05) is 13.2 Å². The van der Waals surface area contributed by atoms with E-state index in [1.165, 1.54) is 308 Å². The number of aliphatic hydroxyl groups is 2. The zero-order chi connectivity index (χ0) is 53.6. The quantitative estimate of drug-likeness (QED) is 0.0320. The Kier molecular flexibility index (Phi) is 62.9. The van der Waals surface area contributed by atoms with E-state index in [-0.39, 0.29) is 18.5 Å². The van der Waals surface area contributed by atoms with Crippen LogP contribution in [0.25, 0.3) is 0 Å². The Bertz CT molecular complexity index is 1110. The maximum atomic E-state index is 12.5. The van der Waals surface area contributed by atoms with Gasteiger partial charge in [-0.05, 0) is 44.9 Å². The summed E-state index contributed by atoms with van der Waals surface area (Å²) in [7, 11) is 0. The van der Waals surface area contributed by atoms with Crippen LogP contribution >= 0.6 is 0 Å². The van der Waals surface area contributed by atoms with Crippen molar-refractivity contribution in [2.24, 2.45) is 0 Å². The third-order valence-electron chi connectivity index (χ3n) is 16.1. The molecule has 0 aromatic rings. The molecule has 0 rings (SSSR count). The van der Waals surface area contributed by atoms with Gasteiger partial charge in [0.25, 0.3) is 0 Å². The van der Waals surface area contributed by atoms with Crippen molar-refractivity contribution in [1.29, 1.82) is 0 Å². The largest absolute Gasteiger partial charge is 0.466 e. The number of unbranched alkanes of at least 4 members (excludes halogenated alkanes) is 51. The molecule has 0 radical (unpaired) electrons. The molecule has 1 amide bonds. The Labute approximate surface area is 463 Å². The molecule has 0 saturated carbocycles. The first-order valence-corrected chi connectivity index (χ1v) is 33.9. The second-order valence-corrected chi connectivity index (χ2v) is 23.5. The Morgan fingerprint density at radius 2 is 0.649 bits per heavy atom. The average molecular weight is 1040 g/mol. The molecule has 6 heteroatoms. The number of allylic oxidation sites excluding steroid dienone is 2. The number of amides is 1. The van der Waals surface area contributed by atoms with Gasteiger partial charge in [0.2, 0.25) is 5.91 Å². The fourth-order valence-electron chi connectivity index (χ4n) is 10.9. The van der Waals surface area contributed by atoms with E-state index in [0.717, 1.165) is 44.9 Å². The lowest BCUT2D eigenvalue weighted by Gasteiger charge is -2.22. The number of rotatable bonds is 64. The van der Waals surface area contributed by atoms with Crippen molar-refractivity contribution in [3.8, 4) is 0 Å². The number of carbonyl (C=O) groups is 2. The summed E-state index contributed by atoms with van der Waals surface area (Å²) in [5.41, 5.74) is 0. The van der Waals surface area contributed by atoms with Gasteiger partial charge in [-0.15, -0.1) is 0 Å². The molecule has 0 aromatic carbocycles. The summed E-state index contributed by atoms with van der Waals surface area (Å²) in [6, 6.07) is -0.537. The van der Waals surface area contributed by atoms with Crippen molar-refractivity contribution in [3.05, 3.63) is 12.2 Å². The van der Waals surface area contributed by atoms with E-state index in [0.29, 0.717) is 25.9 Å². The van der Waals surface area contributed by atoms with Crippen LogP contribution in [0, 0.1) is 0 Å². The highest BCUT2D eigenvalue weighted by molar-refractivity contribution is 5.76. The molecule has 3 N–H and O–H groups in total. The smallest absolute Gasteiger partial charge is 0.305 e. The Hall–Kier alpha value is -1.40. The topological polar surface area (TPSA) is 95.9 Å². The average Bonchev–Trinajstić information content (AvgIpc) is 3.40. The maximum Gasteiger partial charge on any atom is 0.305 e. The third-order valence-corrected chi connectivity index (χ3v) is 16.1. The monoisotopic (exact) mass is 1040 g/mol.